The van der Waals surface area contributed by atoms with Crippen LogP contribution in [0.3, 0.4) is 0 Å². The van der Waals surface area contributed by atoms with Crippen LogP contribution in [0.25, 0.3) is 0 Å². The van der Waals surface area contributed by atoms with Crippen LogP contribution in [-0.4, -0.2) is 26.4 Å². The van der Waals surface area contributed by atoms with Crippen molar-refractivity contribution < 1.29 is 8.42 Å². The number of likely N-dealkylation sites (tertiary alicyclic amines) is 1. The van der Waals surface area contributed by atoms with E-state index in [-0.39, 0.29) is 11.8 Å². The first-order valence-corrected chi connectivity index (χ1v) is 12.1. The summed E-state index contributed by atoms with van der Waals surface area (Å²) in [6, 6.07) is 24.8. The average molecular weight is 458 g/mol. The summed E-state index contributed by atoms with van der Waals surface area (Å²) in [7, 11) is -3.31. The third kappa shape index (κ3) is 5.13. The normalized spacial score (nSPS) is 14.6. The molecule has 0 N–H and O–H groups in total. The van der Waals surface area contributed by atoms with E-state index in [0.717, 1.165) is 22.3 Å². The first-order valence-electron chi connectivity index (χ1n) is 9.61. The van der Waals surface area contributed by atoms with E-state index in [4.69, 9.17) is 23.2 Å². The van der Waals surface area contributed by atoms with Crippen LogP contribution in [0.5, 0.6) is 0 Å². The Morgan fingerprint density at radius 3 is 1.80 bits per heavy atom. The van der Waals surface area contributed by atoms with Crippen molar-refractivity contribution >= 4 is 33.0 Å². The third-order valence-corrected chi connectivity index (χ3v) is 7.04. The smallest absolute Gasteiger partial charge is 0.175 e. The summed E-state index contributed by atoms with van der Waals surface area (Å²) in [4.78, 5) is 2.25. The molecular weight excluding hydrogens is 437 g/mol. The number of rotatable bonds is 6. The largest absolute Gasteiger partial charge is 0.284 e. The lowest BCUT2D eigenvalue weighted by Crippen LogP contribution is -2.43. The van der Waals surface area contributed by atoms with E-state index in [0.29, 0.717) is 23.1 Å². The molecule has 154 valence electrons. The molecule has 0 bridgehead atoms. The number of halogens is 2. The highest BCUT2D eigenvalue weighted by atomic mass is 35.5. The summed E-state index contributed by atoms with van der Waals surface area (Å²) in [6.45, 7) is 1.20. The lowest BCUT2D eigenvalue weighted by molar-refractivity contribution is 0.202. The predicted octanol–water partition coefficient (Wildman–Crippen LogP) is 5.90. The highest BCUT2D eigenvalue weighted by Crippen LogP contribution is 2.35. The zero-order chi connectivity index (χ0) is 21.1. The first-order chi connectivity index (χ1) is 14.4. The maximum absolute atomic E-state index is 12.6. The fourth-order valence-corrected chi connectivity index (χ4v) is 5.39. The van der Waals surface area contributed by atoms with Gasteiger partial charge in [-0.2, -0.15) is 0 Å². The molecule has 0 unspecified atom stereocenters. The third-order valence-electron chi connectivity index (χ3n) is 5.11. The van der Waals surface area contributed by atoms with Crippen LogP contribution in [0.2, 0.25) is 10.0 Å². The van der Waals surface area contributed by atoms with Gasteiger partial charge < -0.3 is 0 Å². The average Bonchev–Trinajstić information content (AvgIpc) is 2.69. The molecule has 3 aromatic carbocycles. The fourth-order valence-electron chi connectivity index (χ4n) is 3.74. The van der Waals surface area contributed by atoms with Gasteiger partial charge in [0.2, 0.25) is 0 Å². The molecule has 1 heterocycles. The summed E-state index contributed by atoms with van der Waals surface area (Å²) in [5.74, 6) is 0.0230. The molecule has 1 aliphatic rings. The van der Waals surface area contributed by atoms with Gasteiger partial charge in [0.1, 0.15) is 0 Å². The summed E-state index contributed by atoms with van der Waals surface area (Å²) in [5.41, 5.74) is 3.92. The summed E-state index contributed by atoms with van der Waals surface area (Å²) in [5, 5.41) is 2.81. The van der Waals surface area contributed by atoms with E-state index in [9.17, 15) is 8.42 Å². The molecule has 4 rings (SSSR count). The Bertz CT molecular complexity index is 1090. The second-order valence-electron chi connectivity index (χ2n) is 7.48. The van der Waals surface area contributed by atoms with Crippen LogP contribution in [0, 0.1) is 0 Å². The molecule has 0 amide bonds. The van der Waals surface area contributed by atoms with E-state index in [1.54, 1.807) is 0 Å². The predicted molar refractivity (Wildman–Crippen MR) is 123 cm³/mol. The van der Waals surface area contributed by atoms with E-state index < -0.39 is 9.84 Å². The standard InChI is InChI=1S/C24H21Cl2NO2S/c25-22-10-6-20(7-11-22)24(21-8-12-23(26)13-9-21)27-14-19(15-27)17-30(28,29)16-18-4-2-1-3-5-18/h1-13,17,24H,14-16H2. The quantitative estimate of drug-likeness (QED) is 0.462. The molecule has 3 nitrogen and oxygen atoms in total. The Labute approximate surface area is 187 Å². The molecule has 0 spiro atoms. The minimum atomic E-state index is -3.31. The number of hydrogen-bond acceptors (Lipinski definition) is 3. The van der Waals surface area contributed by atoms with Gasteiger partial charge in [-0.1, -0.05) is 77.8 Å². The molecule has 1 saturated heterocycles. The van der Waals surface area contributed by atoms with Gasteiger partial charge in [-0.3, -0.25) is 4.90 Å². The number of sulfone groups is 1. The summed E-state index contributed by atoms with van der Waals surface area (Å²) >= 11 is 12.1. The van der Waals surface area contributed by atoms with Crippen molar-refractivity contribution in [3.63, 3.8) is 0 Å². The lowest BCUT2D eigenvalue weighted by atomic mass is 9.93. The van der Waals surface area contributed by atoms with E-state index >= 15 is 0 Å². The van der Waals surface area contributed by atoms with Gasteiger partial charge in [-0.25, -0.2) is 8.42 Å². The van der Waals surface area contributed by atoms with Gasteiger partial charge in [0.25, 0.3) is 0 Å². The van der Waals surface area contributed by atoms with Crippen LogP contribution in [0.4, 0.5) is 0 Å². The molecule has 1 fully saturated rings. The zero-order valence-corrected chi connectivity index (χ0v) is 18.5. The van der Waals surface area contributed by atoms with Crippen LogP contribution in [0.1, 0.15) is 22.7 Å². The molecule has 3 aromatic rings. The second-order valence-corrected chi connectivity index (χ2v) is 10.2. The van der Waals surface area contributed by atoms with Crippen molar-refractivity contribution in [2.75, 3.05) is 13.1 Å². The summed E-state index contributed by atoms with van der Waals surface area (Å²) in [6.07, 6.45) is 0. The Hall–Kier alpha value is -2.11. The summed E-state index contributed by atoms with van der Waals surface area (Å²) < 4.78 is 25.1. The Kier molecular flexibility index (Phi) is 6.30. The molecule has 0 aliphatic carbocycles. The Morgan fingerprint density at radius 1 is 0.800 bits per heavy atom. The highest BCUT2D eigenvalue weighted by Gasteiger charge is 2.31. The van der Waals surface area contributed by atoms with E-state index in [1.807, 2.05) is 78.9 Å². The Morgan fingerprint density at radius 2 is 1.30 bits per heavy atom. The highest BCUT2D eigenvalue weighted by molar-refractivity contribution is 7.93. The van der Waals surface area contributed by atoms with Crippen molar-refractivity contribution in [3.8, 4) is 0 Å². The van der Waals surface area contributed by atoms with Gasteiger partial charge in [-0.05, 0) is 46.5 Å². The molecule has 6 heteroatoms. The van der Waals surface area contributed by atoms with Crippen LogP contribution < -0.4 is 0 Å². The number of hydrogen-bond donors (Lipinski definition) is 0. The molecule has 0 radical (unpaired) electrons. The van der Waals surface area contributed by atoms with Crippen molar-refractivity contribution in [3.05, 3.63) is 117 Å². The van der Waals surface area contributed by atoms with E-state index in [1.165, 1.54) is 5.41 Å². The molecule has 0 aromatic heterocycles. The number of benzene rings is 3. The molecule has 0 atom stereocenters. The molecular formula is C24H21Cl2NO2S. The molecule has 30 heavy (non-hydrogen) atoms. The maximum Gasteiger partial charge on any atom is 0.175 e. The first kappa shape index (κ1) is 21.1. The van der Waals surface area contributed by atoms with Crippen LogP contribution in [-0.2, 0) is 15.6 Å². The topological polar surface area (TPSA) is 37.4 Å². The fraction of sp³-hybridized carbons (Fsp3) is 0.167. The minimum absolute atomic E-state index is 0.00788. The van der Waals surface area contributed by atoms with Crippen molar-refractivity contribution in [2.24, 2.45) is 0 Å². The van der Waals surface area contributed by atoms with Crippen molar-refractivity contribution in [1.82, 2.24) is 4.90 Å². The van der Waals surface area contributed by atoms with Gasteiger partial charge in [-0.15, -0.1) is 0 Å². The zero-order valence-electron chi connectivity index (χ0n) is 16.2. The van der Waals surface area contributed by atoms with E-state index in [2.05, 4.69) is 4.90 Å². The van der Waals surface area contributed by atoms with Gasteiger partial charge in [0, 0.05) is 28.5 Å². The maximum atomic E-state index is 12.6. The van der Waals surface area contributed by atoms with Gasteiger partial charge in [0.15, 0.2) is 9.84 Å². The van der Waals surface area contributed by atoms with Crippen molar-refractivity contribution in [2.45, 2.75) is 11.8 Å². The van der Waals surface area contributed by atoms with Crippen LogP contribution in [0.15, 0.2) is 89.8 Å². The minimum Gasteiger partial charge on any atom is -0.284 e. The van der Waals surface area contributed by atoms with Crippen LogP contribution >= 0.6 is 23.2 Å². The van der Waals surface area contributed by atoms with Gasteiger partial charge in [0.05, 0.1) is 11.8 Å². The van der Waals surface area contributed by atoms with Gasteiger partial charge >= 0.3 is 0 Å². The second kappa shape index (κ2) is 8.94. The lowest BCUT2D eigenvalue weighted by Gasteiger charge is -2.41. The Balaban J connectivity index is 1.53. The monoisotopic (exact) mass is 457 g/mol. The SMILES string of the molecule is O=S(=O)(C=C1CN(C(c2ccc(Cl)cc2)c2ccc(Cl)cc2)C1)Cc1ccccc1. The molecule has 1 aliphatic heterocycles. The van der Waals surface area contributed by atoms with Crippen molar-refractivity contribution in [1.29, 1.82) is 0 Å². The number of nitrogens with zero attached hydrogens (tertiary/aromatic N) is 1. The molecule has 0 saturated carbocycles.